The van der Waals surface area contributed by atoms with E-state index in [9.17, 15) is 0 Å². The van der Waals surface area contributed by atoms with Crippen LogP contribution >= 0.6 is 23.2 Å². The Morgan fingerprint density at radius 2 is 2.07 bits per heavy atom. The monoisotopic (exact) mass is 243 g/mol. The lowest BCUT2D eigenvalue weighted by molar-refractivity contribution is 0.313. The number of rotatable bonds is 3. The third-order valence-corrected chi connectivity index (χ3v) is 3.59. The van der Waals surface area contributed by atoms with Crippen LogP contribution in [0.2, 0.25) is 10.0 Å². The van der Waals surface area contributed by atoms with Crippen molar-refractivity contribution in [3.8, 4) is 0 Å². The Bertz CT molecular complexity index is 347. The molecule has 2 rings (SSSR count). The lowest BCUT2D eigenvalue weighted by Gasteiger charge is -2.30. The molecule has 1 aliphatic rings. The fraction of sp³-hybridized carbons (Fsp3) is 0.500. The van der Waals surface area contributed by atoms with Gasteiger partial charge in [0.05, 0.1) is 0 Å². The first-order valence-electron chi connectivity index (χ1n) is 5.38. The third-order valence-electron chi connectivity index (χ3n) is 3.02. The summed E-state index contributed by atoms with van der Waals surface area (Å²) in [5.41, 5.74) is 1.09. The molecule has 1 nitrogen and oxygen atoms in total. The Hall–Kier alpha value is -0.240. The SMILES string of the molecule is CC(NC1CCC1)c1cc(Cl)ccc1Cl. The molecule has 3 heteroatoms. The second kappa shape index (κ2) is 4.73. The van der Waals surface area contributed by atoms with Crippen molar-refractivity contribution in [2.24, 2.45) is 0 Å². The Kier molecular flexibility index (Phi) is 3.55. The largest absolute Gasteiger partial charge is 0.307 e. The zero-order valence-corrected chi connectivity index (χ0v) is 10.3. The molecule has 1 aromatic carbocycles. The van der Waals surface area contributed by atoms with Gasteiger partial charge in [0.2, 0.25) is 0 Å². The molecular formula is C12H15Cl2N. The molecule has 15 heavy (non-hydrogen) atoms. The summed E-state index contributed by atoms with van der Waals surface area (Å²) in [6.45, 7) is 2.13. The summed E-state index contributed by atoms with van der Waals surface area (Å²) in [6.07, 6.45) is 3.90. The van der Waals surface area contributed by atoms with Crippen LogP contribution in [0.25, 0.3) is 0 Å². The van der Waals surface area contributed by atoms with Crippen molar-refractivity contribution in [2.45, 2.75) is 38.3 Å². The van der Waals surface area contributed by atoms with Gasteiger partial charge in [0.15, 0.2) is 0 Å². The molecular weight excluding hydrogens is 229 g/mol. The minimum Gasteiger partial charge on any atom is -0.307 e. The van der Waals surface area contributed by atoms with Gasteiger partial charge < -0.3 is 5.32 Å². The van der Waals surface area contributed by atoms with Crippen LogP contribution in [-0.2, 0) is 0 Å². The van der Waals surface area contributed by atoms with Crippen LogP contribution in [0.4, 0.5) is 0 Å². The minimum atomic E-state index is 0.279. The summed E-state index contributed by atoms with van der Waals surface area (Å²) < 4.78 is 0. The van der Waals surface area contributed by atoms with Gasteiger partial charge in [-0.2, -0.15) is 0 Å². The second-order valence-corrected chi connectivity index (χ2v) is 5.03. The van der Waals surface area contributed by atoms with Crippen LogP contribution in [0.5, 0.6) is 0 Å². The van der Waals surface area contributed by atoms with Crippen LogP contribution < -0.4 is 5.32 Å². The lowest BCUT2D eigenvalue weighted by Crippen LogP contribution is -2.36. The standard InChI is InChI=1S/C12H15Cl2N/c1-8(15-10-3-2-4-10)11-7-9(13)5-6-12(11)14/h5-8,10,15H,2-4H2,1H3. The molecule has 82 valence electrons. The number of halogens is 2. The first-order valence-corrected chi connectivity index (χ1v) is 6.13. The highest BCUT2D eigenvalue weighted by Crippen LogP contribution is 2.28. The molecule has 0 heterocycles. The highest BCUT2D eigenvalue weighted by atomic mass is 35.5. The summed E-state index contributed by atoms with van der Waals surface area (Å²) in [4.78, 5) is 0. The van der Waals surface area contributed by atoms with E-state index in [0.717, 1.165) is 15.6 Å². The molecule has 0 radical (unpaired) electrons. The third kappa shape index (κ3) is 2.66. The molecule has 0 aliphatic heterocycles. The van der Waals surface area contributed by atoms with Gasteiger partial charge in [0, 0.05) is 22.1 Å². The van der Waals surface area contributed by atoms with Crippen LogP contribution in [-0.4, -0.2) is 6.04 Å². The topological polar surface area (TPSA) is 12.0 Å². The van der Waals surface area contributed by atoms with E-state index >= 15 is 0 Å². The number of nitrogens with one attached hydrogen (secondary N) is 1. The number of hydrogen-bond donors (Lipinski definition) is 1. The molecule has 1 aliphatic carbocycles. The Labute approximate surface area is 101 Å². The quantitative estimate of drug-likeness (QED) is 0.840. The molecule has 0 saturated heterocycles. The average Bonchev–Trinajstić information content (AvgIpc) is 2.15. The second-order valence-electron chi connectivity index (χ2n) is 4.18. The van der Waals surface area contributed by atoms with Crippen molar-refractivity contribution in [1.29, 1.82) is 0 Å². The van der Waals surface area contributed by atoms with Crippen molar-refractivity contribution >= 4 is 23.2 Å². The maximum atomic E-state index is 6.14. The first-order chi connectivity index (χ1) is 7.16. The van der Waals surface area contributed by atoms with E-state index in [4.69, 9.17) is 23.2 Å². The Morgan fingerprint density at radius 3 is 2.67 bits per heavy atom. The fourth-order valence-electron chi connectivity index (χ4n) is 1.86. The van der Waals surface area contributed by atoms with Crippen molar-refractivity contribution < 1.29 is 0 Å². The summed E-state index contributed by atoms with van der Waals surface area (Å²) in [7, 11) is 0. The summed E-state index contributed by atoms with van der Waals surface area (Å²) in [6, 6.07) is 6.57. The zero-order chi connectivity index (χ0) is 10.8. The Balaban J connectivity index is 2.09. The summed E-state index contributed by atoms with van der Waals surface area (Å²) >= 11 is 12.1. The van der Waals surface area contributed by atoms with E-state index in [0.29, 0.717) is 6.04 Å². The van der Waals surface area contributed by atoms with Crippen molar-refractivity contribution in [2.75, 3.05) is 0 Å². The lowest BCUT2D eigenvalue weighted by atomic mass is 9.92. The van der Waals surface area contributed by atoms with Gasteiger partial charge in [0.25, 0.3) is 0 Å². The van der Waals surface area contributed by atoms with Crippen LogP contribution in [0.1, 0.15) is 37.8 Å². The molecule has 1 atom stereocenters. The van der Waals surface area contributed by atoms with Crippen molar-refractivity contribution in [3.05, 3.63) is 33.8 Å². The van der Waals surface area contributed by atoms with Crippen molar-refractivity contribution in [3.63, 3.8) is 0 Å². The van der Waals surface area contributed by atoms with Crippen LogP contribution in [0.3, 0.4) is 0 Å². The maximum Gasteiger partial charge on any atom is 0.0454 e. The maximum absolute atomic E-state index is 6.14. The van der Waals surface area contributed by atoms with Gasteiger partial charge in [-0.3, -0.25) is 0 Å². The van der Waals surface area contributed by atoms with Gasteiger partial charge in [-0.25, -0.2) is 0 Å². The number of hydrogen-bond acceptors (Lipinski definition) is 1. The first kappa shape index (κ1) is 11.3. The highest BCUT2D eigenvalue weighted by molar-refractivity contribution is 6.33. The smallest absolute Gasteiger partial charge is 0.0454 e. The van der Waals surface area contributed by atoms with Gasteiger partial charge in [-0.15, -0.1) is 0 Å². The normalized spacial score (nSPS) is 18.6. The summed E-state index contributed by atoms with van der Waals surface area (Å²) in [5, 5.41) is 5.09. The molecule has 0 amide bonds. The predicted molar refractivity (Wildman–Crippen MR) is 65.7 cm³/mol. The molecule has 1 saturated carbocycles. The number of benzene rings is 1. The molecule has 1 aromatic rings. The fourth-order valence-corrected chi connectivity index (χ4v) is 2.33. The van der Waals surface area contributed by atoms with Crippen LogP contribution in [0.15, 0.2) is 18.2 Å². The molecule has 0 bridgehead atoms. The van der Waals surface area contributed by atoms with E-state index in [-0.39, 0.29) is 6.04 Å². The van der Waals surface area contributed by atoms with Gasteiger partial charge >= 0.3 is 0 Å². The van der Waals surface area contributed by atoms with Gasteiger partial charge in [-0.05, 0) is 43.5 Å². The molecule has 1 unspecified atom stereocenters. The highest BCUT2D eigenvalue weighted by Gasteiger charge is 2.20. The Morgan fingerprint density at radius 1 is 1.33 bits per heavy atom. The molecule has 1 fully saturated rings. The molecule has 1 N–H and O–H groups in total. The van der Waals surface area contributed by atoms with E-state index < -0.39 is 0 Å². The van der Waals surface area contributed by atoms with E-state index in [2.05, 4.69) is 12.2 Å². The minimum absolute atomic E-state index is 0.279. The summed E-state index contributed by atoms with van der Waals surface area (Å²) in [5.74, 6) is 0. The van der Waals surface area contributed by atoms with E-state index in [1.54, 1.807) is 0 Å². The average molecular weight is 244 g/mol. The van der Waals surface area contributed by atoms with E-state index in [1.165, 1.54) is 19.3 Å². The van der Waals surface area contributed by atoms with E-state index in [1.807, 2.05) is 18.2 Å². The molecule has 0 spiro atoms. The predicted octanol–water partition coefficient (Wildman–Crippen LogP) is 4.20. The molecule has 0 aromatic heterocycles. The van der Waals surface area contributed by atoms with Gasteiger partial charge in [-0.1, -0.05) is 29.6 Å². The van der Waals surface area contributed by atoms with Crippen molar-refractivity contribution in [1.82, 2.24) is 5.32 Å². The zero-order valence-electron chi connectivity index (χ0n) is 8.76. The van der Waals surface area contributed by atoms with Crippen LogP contribution in [0, 0.1) is 0 Å². The van der Waals surface area contributed by atoms with Gasteiger partial charge in [0.1, 0.15) is 0 Å².